The quantitative estimate of drug-likeness (QED) is 0.857. The number of rotatable bonds is 2. The van der Waals surface area contributed by atoms with E-state index in [9.17, 15) is 9.18 Å². The van der Waals surface area contributed by atoms with Crippen LogP contribution in [0.3, 0.4) is 0 Å². The summed E-state index contributed by atoms with van der Waals surface area (Å²) in [5.74, 6) is -0.0950. The lowest BCUT2D eigenvalue weighted by atomic mass is 10.1. The van der Waals surface area contributed by atoms with Gasteiger partial charge >= 0.3 is 0 Å². The Bertz CT molecular complexity index is 699. The summed E-state index contributed by atoms with van der Waals surface area (Å²) in [4.78, 5) is 18.9. The summed E-state index contributed by atoms with van der Waals surface area (Å²) in [5, 5.41) is 0.784. The van der Waals surface area contributed by atoms with Gasteiger partial charge in [-0.2, -0.15) is 0 Å². The third-order valence-electron chi connectivity index (χ3n) is 3.58. The van der Waals surface area contributed by atoms with Crippen LogP contribution in [-0.2, 0) is 17.8 Å². The summed E-state index contributed by atoms with van der Waals surface area (Å²) < 4.78 is 18.7. The second-order valence-corrected chi connectivity index (χ2v) is 6.01. The first-order valence-electron chi connectivity index (χ1n) is 6.66. The lowest BCUT2D eigenvalue weighted by Crippen LogP contribution is -2.33. The van der Waals surface area contributed by atoms with Crippen LogP contribution in [0.1, 0.15) is 17.5 Å². The second kappa shape index (κ2) is 5.44. The molecular weight excluding hydrogens is 291 g/mol. The zero-order valence-corrected chi connectivity index (χ0v) is 12.7. The molecule has 0 unspecified atom stereocenters. The van der Waals surface area contributed by atoms with E-state index >= 15 is 0 Å². The lowest BCUT2D eigenvalue weighted by Gasteiger charge is -2.24. The number of carbonyl (C=O) groups excluding carboxylic acids is 1. The summed E-state index contributed by atoms with van der Waals surface area (Å²) in [6.45, 7) is 2.87. The fourth-order valence-electron chi connectivity index (χ4n) is 2.39. The number of methoxy groups -OCH3 is 1. The normalized spacial score (nSPS) is 14.0. The molecule has 21 heavy (non-hydrogen) atoms. The van der Waals surface area contributed by atoms with Gasteiger partial charge in [0.25, 0.3) is 0 Å². The first kappa shape index (κ1) is 14.0. The Morgan fingerprint density at radius 2 is 2.29 bits per heavy atom. The van der Waals surface area contributed by atoms with Gasteiger partial charge in [0.05, 0.1) is 19.3 Å². The number of carbonyl (C=O) groups is 1. The molecule has 0 spiro atoms. The Morgan fingerprint density at radius 3 is 2.95 bits per heavy atom. The number of hydrogen-bond acceptors (Lipinski definition) is 4. The number of benzene rings is 1. The Morgan fingerprint density at radius 1 is 1.48 bits per heavy atom. The summed E-state index contributed by atoms with van der Waals surface area (Å²) in [5.41, 5.74) is 1.76. The molecule has 0 N–H and O–H groups in total. The smallest absolute Gasteiger partial charge is 0.219 e. The van der Waals surface area contributed by atoms with Crippen molar-refractivity contribution in [2.45, 2.75) is 19.9 Å². The lowest BCUT2D eigenvalue weighted by molar-refractivity contribution is -0.129. The average Bonchev–Trinajstić information content (AvgIpc) is 2.89. The van der Waals surface area contributed by atoms with Gasteiger partial charge in [-0.05, 0) is 18.2 Å². The molecule has 3 rings (SSSR count). The molecule has 110 valence electrons. The van der Waals surface area contributed by atoms with E-state index in [1.165, 1.54) is 24.5 Å². The summed E-state index contributed by atoms with van der Waals surface area (Å²) in [7, 11) is 1.44. The molecular formula is C15H15FN2O2S. The van der Waals surface area contributed by atoms with Crippen LogP contribution in [0.15, 0.2) is 18.2 Å². The first-order valence-corrected chi connectivity index (χ1v) is 7.48. The topological polar surface area (TPSA) is 42.4 Å². The number of ether oxygens (including phenoxy) is 1. The van der Waals surface area contributed by atoms with Crippen LogP contribution in [0.25, 0.3) is 10.6 Å². The number of hydrogen-bond donors (Lipinski definition) is 0. The number of aromatic nitrogens is 1. The standard InChI is InChI=1S/C15H15FN2O2S/c1-9(19)18-6-5-12-14(8-18)21-15(17-12)10-3-4-13(20-2)11(16)7-10/h3-4,7H,5-6,8H2,1-2H3. The van der Waals surface area contributed by atoms with Crippen molar-refractivity contribution in [2.24, 2.45) is 0 Å². The van der Waals surface area contributed by atoms with Gasteiger partial charge < -0.3 is 9.64 Å². The maximum Gasteiger partial charge on any atom is 0.219 e. The Labute approximate surface area is 126 Å². The number of halogens is 1. The zero-order chi connectivity index (χ0) is 15.0. The molecule has 2 aromatic rings. The van der Waals surface area contributed by atoms with Crippen molar-refractivity contribution >= 4 is 17.2 Å². The van der Waals surface area contributed by atoms with Crippen LogP contribution in [0, 0.1) is 5.82 Å². The van der Waals surface area contributed by atoms with Crippen molar-refractivity contribution < 1.29 is 13.9 Å². The summed E-state index contributed by atoms with van der Waals surface area (Å²) in [6.07, 6.45) is 0.754. The third-order valence-corrected chi connectivity index (χ3v) is 4.71. The van der Waals surface area contributed by atoms with Crippen molar-refractivity contribution in [3.8, 4) is 16.3 Å². The highest BCUT2D eigenvalue weighted by molar-refractivity contribution is 7.15. The van der Waals surface area contributed by atoms with Crippen molar-refractivity contribution in [3.05, 3.63) is 34.6 Å². The Hall–Kier alpha value is -1.95. The number of amides is 1. The predicted molar refractivity (Wildman–Crippen MR) is 78.9 cm³/mol. The Kier molecular flexibility index (Phi) is 3.63. The zero-order valence-electron chi connectivity index (χ0n) is 11.9. The molecule has 0 saturated heterocycles. The molecule has 0 atom stereocenters. The van der Waals surface area contributed by atoms with E-state index in [0.29, 0.717) is 13.1 Å². The number of fused-ring (bicyclic) bond motifs is 1. The molecule has 6 heteroatoms. The van der Waals surface area contributed by atoms with Crippen molar-refractivity contribution in [3.63, 3.8) is 0 Å². The predicted octanol–water partition coefficient (Wildman–Crippen LogP) is 2.86. The maximum absolute atomic E-state index is 13.8. The summed E-state index contributed by atoms with van der Waals surface area (Å²) in [6, 6.07) is 4.84. The highest BCUT2D eigenvalue weighted by atomic mass is 32.1. The molecule has 0 fully saturated rings. The number of thiazole rings is 1. The second-order valence-electron chi connectivity index (χ2n) is 4.93. The van der Waals surface area contributed by atoms with E-state index in [-0.39, 0.29) is 11.7 Å². The van der Waals surface area contributed by atoms with E-state index in [1.54, 1.807) is 24.0 Å². The van der Waals surface area contributed by atoms with Gasteiger partial charge in [0, 0.05) is 30.3 Å². The molecule has 0 aliphatic carbocycles. The minimum Gasteiger partial charge on any atom is -0.494 e. The Balaban J connectivity index is 1.92. The molecule has 1 aromatic carbocycles. The van der Waals surface area contributed by atoms with Crippen LogP contribution in [0.2, 0.25) is 0 Å². The van der Waals surface area contributed by atoms with Gasteiger partial charge in [-0.15, -0.1) is 11.3 Å². The average molecular weight is 306 g/mol. The van der Waals surface area contributed by atoms with Crippen LogP contribution in [0.5, 0.6) is 5.75 Å². The van der Waals surface area contributed by atoms with E-state index in [0.717, 1.165) is 27.6 Å². The van der Waals surface area contributed by atoms with E-state index < -0.39 is 5.82 Å². The van der Waals surface area contributed by atoms with Crippen molar-refractivity contribution in [1.82, 2.24) is 9.88 Å². The minimum absolute atomic E-state index is 0.0751. The molecule has 4 nitrogen and oxygen atoms in total. The first-order chi connectivity index (χ1) is 10.1. The van der Waals surface area contributed by atoms with Gasteiger partial charge in [-0.3, -0.25) is 4.79 Å². The molecule has 0 saturated carbocycles. The molecule has 1 aromatic heterocycles. The fraction of sp³-hybridized carbons (Fsp3) is 0.333. The molecule has 1 amide bonds. The van der Waals surface area contributed by atoms with Gasteiger partial charge in [0.2, 0.25) is 5.91 Å². The van der Waals surface area contributed by atoms with Gasteiger partial charge in [-0.1, -0.05) is 0 Å². The van der Waals surface area contributed by atoms with Gasteiger partial charge in [-0.25, -0.2) is 9.37 Å². The molecule has 0 radical (unpaired) electrons. The highest BCUT2D eigenvalue weighted by Gasteiger charge is 2.22. The van der Waals surface area contributed by atoms with Crippen LogP contribution in [0.4, 0.5) is 4.39 Å². The van der Waals surface area contributed by atoms with Crippen LogP contribution >= 0.6 is 11.3 Å². The van der Waals surface area contributed by atoms with E-state index in [4.69, 9.17) is 4.74 Å². The van der Waals surface area contributed by atoms with E-state index in [2.05, 4.69) is 4.98 Å². The van der Waals surface area contributed by atoms with Gasteiger partial charge in [0.15, 0.2) is 11.6 Å². The van der Waals surface area contributed by atoms with E-state index in [1.807, 2.05) is 0 Å². The third kappa shape index (κ3) is 2.63. The molecule has 2 heterocycles. The fourth-order valence-corrected chi connectivity index (χ4v) is 3.51. The molecule has 1 aliphatic heterocycles. The highest BCUT2D eigenvalue weighted by Crippen LogP contribution is 2.33. The molecule has 0 bridgehead atoms. The van der Waals surface area contributed by atoms with Crippen LogP contribution in [-0.4, -0.2) is 29.4 Å². The number of nitrogens with zero attached hydrogens (tertiary/aromatic N) is 2. The SMILES string of the molecule is COc1ccc(-c2nc3c(s2)CN(C(C)=O)CC3)cc1F. The maximum atomic E-state index is 13.8. The van der Waals surface area contributed by atoms with Crippen LogP contribution < -0.4 is 4.74 Å². The largest absolute Gasteiger partial charge is 0.494 e. The van der Waals surface area contributed by atoms with Crippen molar-refractivity contribution in [2.75, 3.05) is 13.7 Å². The molecule has 1 aliphatic rings. The van der Waals surface area contributed by atoms with Crippen molar-refractivity contribution in [1.29, 1.82) is 0 Å². The minimum atomic E-state index is -0.395. The summed E-state index contributed by atoms with van der Waals surface area (Å²) >= 11 is 1.52. The van der Waals surface area contributed by atoms with Gasteiger partial charge in [0.1, 0.15) is 5.01 Å². The monoisotopic (exact) mass is 306 g/mol.